The first kappa shape index (κ1) is 14.3. The molecule has 0 aromatic heterocycles. The largest absolute Gasteiger partial charge is 0.311 e. The summed E-state index contributed by atoms with van der Waals surface area (Å²) in [6.07, 6.45) is 8.54. The molecule has 1 saturated heterocycles. The number of likely N-dealkylation sites (tertiary alicyclic amines) is 1. The number of rotatable bonds is 5. The smallest absolute Gasteiger partial charge is 0.00940 e. The Morgan fingerprint density at radius 1 is 1.00 bits per heavy atom. The van der Waals surface area contributed by atoms with E-state index in [1.54, 1.807) is 0 Å². The van der Waals surface area contributed by atoms with Crippen LogP contribution in [0.25, 0.3) is 0 Å². The lowest BCUT2D eigenvalue weighted by Gasteiger charge is -2.35. The standard InChI is InChI=1S/C16H32N2/c1-13(2)12-18-10-8-16(9-11-18)17-14(3)15-6-4-5-7-15/h13-17H,4-12H2,1-3H3/t14-/m0/s1. The molecule has 0 aromatic rings. The molecule has 0 radical (unpaired) electrons. The van der Waals surface area contributed by atoms with Crippen LogP contribution in [0.4, 0.5) is 0 Å². The van der Waals surface area contributed by atoms with E-state index >= 15 is 0 Å². The predicted molar refractivity (Wildman–Crippen MR) is 78.9 cm³/mol. The minimum absolute atomic E-state index is 0.745. The summed E-state index contributed by atoms with van der Waals surface area (Å²) in [5, 5.41) is 3.91. The maximum Gasteiger partial charge on any atom is 0.00940 e. The van der Waals surface area contributed by atoms with Crippen molar-refractivity contribution in [3.8, 4) is 0 Å². The van der Waals surface area contributed by atoms with Gasteiger partial charge in [0.15, 0.2) is 0 Å². The molecule has 0 unspecified atom stereocenters. The van der Waals surface area contributed by atoms with Crippen molar-refractivity contribution >= 4 is 0 Å². The number of piperidine rings is 1. The van der Waals surface area contributed by atoms with Gasteiger partial charge in [0.2, 0.25) is 0 Å². The lowest BCUT2D eigenvalue weighted by atomic mass is 9.96. The second-order valence-corrected chi connectivity index (χ2v) is 6.97. The molecular weight excluding hydrogens is 220 g/mol. The van der Waals surface area contributed by atoms with Crippen LogP contribution in [0.3, 0.4) is 0 Å². The maximum absolute atomic E-state index is 3.91. The van der Waals surface area contributed by atoms with Gasteiger partial charge in [-0.1, -0.05) is 26.7 Å². The molecule has 2 rings (SSSR count). The van der Waals surface area contributed by atoms with Crippen LogP contribution in [0.5, 0.6) is 0 Å². The summed E-state index contributed by atoms with van der Waals surface area (Å²) in [6.45, 7) is 10.9. The third kappa shape index (κ3) is 4.24. The normalized spacial score (nSPS) is 26.0. The van der Waals surface area contributed by atoms with E-state index in [4.69, 9.17) is 0 Å². The van der Waals surface area contributed by atoms with Crippen LogP contribution >= 0.6 is 0 Å². The molecule has 18 heavy (non-hydrogen) atoms. The van der Waals surface area contributed by atoms with E-state index in [1.165, 1.54) is 58.2 Å². The first-order chi connectivity index (χ1) is 8.65. The molecule has 1 N–H and O–H groups in total. The molecule has 2 nitrogen and oxygen atoms in total. The van der Waals surface area contributed by atoms with Crippen LogP contribution in [-0.2, 0) is 0 Å². The van der Waals surface area contributed by atoms with Crippen LogP contribution in [0.15, 0.2) is 0 Å². The summed E-state index contributed by atoms with van der Waals surface area (Å²) in [4.78, 5) is 2.64. The molecule has 2 aliphatic rings. The van der Waals surface area contributed by atoms with Crippen molar-refractivity contribution in [2.75, 3.05) is 19.6 Å². The van der Waals surface area contributed by atoms with Crippen molar-refractivity contribution in [1.82, 2.24) is 10.2 Å². The predicted octanol–water partition coefficient (Wildman–Crippen LogP) is 3.28. The van der Waals surface area contributed by atoms with Gasteiger partial charge < -0.3 is 10.2 Å². The van der Waals surface area contributed by atoms with Crippen molar-refractivity contribution in [3.05, 3.63) is 0 Å². The first-order valence-corrected chi connectivity index (χ1v) is 8.13. The van der Waals surface area contributed by atoms with Crippen molar-refractivity contribution in [2.24, 2.45) is 11.8 Å². The molecule has 0 bridgehead atoms. The van der Waals surface area contributed by atoms with E-state index in [0.29, 0.717) is 0 Å². The maximum atomic E-state index is 3.91. The van der Waals surface area contributed by atoms with Gasteiger partial charge in [0.05, 0.1) is 0 Å². The molecule has 0 amide bonds. The minimum atomic E-state index is 0.745. The molecule has 1 aliphatic carbocycles. The Labute approximate surface area is 114 Å². The van der Waals surface area contributed by atoms with E-state index in [9.17, 15) is 0 Å². The van der Waals surface area contributed by atoms with Crippen molar-refractivity contribution in [2.45, 2.75) is 71.4 Å². The topological polar surface area (TPSA) is 15.3 Å². The lowest BCUT2D eigenvalue weighted by Crippen LogP contribution is -2.47. The number of hydrogen-bond donors (Lipinski definition) is 1. The van der Waals surface area contributed by atoms with E-state index in [1.807, 2.05) is 0 Å². The monoisotopic (exact) mass is 252 g/mol. The zero-order chi connectivity index (χ0) is 13.0. The third-order valence-corrected chi connectivity index (χ3v) is 4.82. The Bertz CT molecular complexity index is 225. The van der Waals surface area contributed by atoms with Crippen LogP contribution in [0.2, 0.25) is 0 Å². The Hall–Kier alpha value is -0.0800. The van der Waals surface area contributed by atoms with Gasteiger partial charge in [-0.2, -0.15) is 0 Å². The molecule has 1 heterocycles. The summed E-state index contributed by atoms with van der Waals surface area (Å²) >= 11 is 0. The highest BCUT2D eigenvalue weighted by molar-refractivity contribution is 4.84. The van der Waals surface area contributed by atoms with Gasteiger partial charge in [-0.05, 0) is 57.5 Å². The SMILES string of the molecule is CC(C)CN1CCC(N[C@@H](C)C2CCCC2)CC1. The lowest BCUT2D eigenvalue weighted by molar-refractivity contribution is 0.169. The van der Waals surface area contributed by atoms with Gasteiger partial charge in [-0.3, -0.25) is 0 Å². The summed E-state index contributed by atoms with van der Waals surface area (Å²) in [5.74, 6) is 1.77. The van der Waals surface area contributed by atoms with Gasteiger partial charge in [0.1, 0.15) is 0 Å². The fourth-order valence-corrected chi connectivity index (χ4v) is 3.76. The Kier molecular flexibility index (Phi) is 5.50. The van der Waals surface area contributed by atoms with Gasteiger partial charge in [0, 0.05) is 18.6 Å². The number of hydrogen-bond acceptors (Lipinski definition) is 2. The second-order valence-electron chi connectivity index (χ2n) is 6.97. The van der Waals surface area contributed by atoms with Crippen molar-refractivity contribution in [1.29, 1.82) is 0 Å². The van der Waals surface area contributed by atoms with Gasteiger partial charge in [-0.15, -0.1) is 0 Å². The quantitative estimate of drug-likeness (QED) is 0.808. The highest BCUT2D eigenvalue weighted by Gasteiger charge is 2.25. The third-order valence-electron chi connectivity index (χ3n) is 4.82. The summed E-state index contributed by atoms with van der Waals surface area (Å²) in [5.41, 5.74) is 0. The Balaban J connectivity index is 1.66. The fourth-order valence-electron chi connectivity index (χ4n) is 3.76. The summed E-state index contributed by atoms with van der Waals surface area (Å²) in [6, 6.07) is 1.53. The van der Waals surface area contributed by atoms with Crippen LogP contribution in [-0.4, -0.2) is 36.6 Å². The number of nitrogens with one attached hydrogen (secondary N) is 1. The van der Waals surface area contributed by atoms with Crippen molar-refractivity contribution in [3.63, 3.8) is 0 Å². The summed E-state index contributed by atoms with van der Waals surface area (Å²) in [7, 11) is 0. The highest BCUT2D eigenvalue weighted by Crippen LogP contribution is 2.28. The van der Waals surface area contributed by atoms with Crippen LogP contribution in [0, 0.1) is 11.8 Å². The van der Waals surface area contributed by atoms with E-state index in [2.05, 4.69) is 31.0 Å². The van der Waals surface area contributed by atoms with Gasteiger partial charge in [0.25, 0.3) is 0 Å². The molecule has 0 aromatic carbocycles. The second kappa shape index (κ2) is 6.91. The molecule has 0 spiro atoms. The highest BCUT2D eigenvalue weighted by atomic mass is 15.1. The molecule has 1 aliphatic heterocycles. The number of nitrogens with zero attached hydrogens (tertiary/aromatic N) is 1. The van der Waals surface area contributed by atoms with Gasteiger partial charge in [-0.25, -0.2) is 0 Å². The molecule has 2 heteroatoms. The Morgan fingerprint density at radius 2 is 1.61 bits per heavy atom. The fraction of sp³-hybridized carbons (Fsp3) is 1.00. The molecule has 1 saturated carbocycles. The van der Waals surface area contributed by atoms with Crippen LogP contribution < -0.4 is 5.32 Å². The van der Waals surface area contributed by atoms with E-state index in [0.717, 1.165) is 23.9 Å². The summed E-state index contributed by atoms with van der Waals surface area (Å²) < 4.78 is 0. The van der Waals surface area contributed by atoms with Crippen LogP contribution in [0.1, 0.15) is 59.3 Å². The average molecular weight is 252 g/mol. The molecule has 106 valence electrons. The van der Waals surface area contributed by atoms with E-state index < -0.39 is 0 Å². The first-order valence-electron chi connectivity index (χ1n) is 8.13. The zero-order valence-electron chi connectivity index (χ0n) is 12.6. The molecule has 1 atom stereocenters. The zero-order valence-corrected chi connectivity index (χ0v) is 12.6. The average Bonchev–Trinajstić information content (AvgIpc) is 2.84. The van der Waals surface area contributed by atoms with E-state index in [-0.39, 0.29) is 0 Å². The van der Waals surface area contributed by atoms with Crippen molar-refractivity contribution < 1.29 is 0 Å². The molecule has 2 fully saturated rings. The molecular formula is C16H32N2. The Morgan fingerprint density at radius 3 is 2.17 bits per heavy atom. The van der Waals surface area contributed by atoms with Gasteiger partial charge >= 0.3 is 0 Å². The minimum Gasteiger partial charge on any atom is -0.311 e.